The Morgan fingerprint density at radius 2 is 1.83 bits per heavy atom. The maximum absolute atomic E-state index is 12.9. The fourth-order valence-electron chi connectivity index (χ4n) is 2.92. The van der Waals surface area contributed by atoms with Gasteiger partial charge in [-0.05, 0) is 48.8 Å². The molecule has 0 aliphatic carbocycles. The number of fused-ring (bicyclic) bond motifs is 1. The minimum atomic E-state index is -0.687. The van der Waals surface area contributed by atoms with E-state index in [1.54, 1.807) is 42.1 Å². The zero-order chi connectivity index (χ0) is 20.6. The summed E-state index contributed by atoms with van der Waals surface area (Å²) in [5.74, 6) is 0.995. The molecule has 6 nitrogen and oxygen atoms in total. The maximum Gasteiger partial charge on any atom is 0.255 e. The summed E-state index contributed by atoms with van der Waals surface area (Å²) in [5.41, 5.74) is 1.19. The van der Waals surface area contributed by atoms with Crippen molar-refractivity contribution in [3.8, 4) is 5.75 Å². The molecule has 0 aliphatic heterocycles. The Morgan fingerprint density at radius 1 is 1.07 bits per heavy atom. The molecule has 1 unspecified atom stereocenters. The Hall–Kier alpha value is -3.06. The summed E-state index contributed by atoms with van der Waals surface area (Å²) in [6.07, 6.45) is 2.46. The van der Waals surface area contributed by atoms with E-state index in [4.69, 9.17) is 4.74 Å². The van der Waals surface area contributed by atoms with Crippen LogP contribution in [0.1, 0.15) is 16.8 Å². The number of benzene rings is 2. The van der Waals surface area contributed by atoms with Crippen molar-refractivity contribution in [1.29, 1.82) is 0 Å². The fourth-order valence-corrected chi connectivity index (χ4v) is 3.39. The molecule has 0 spiro atoms. The van der Waals surface area contributed by atoms with Crippen molar-refractivity contribution in [2.45, 2.75) is 12.5 Å². The van der Waals surface area contributed by atoms with Crippen LogP contribution < -0.4 is 15.4 Å². The van der Waals surface area contributed by atoms with E-state index in [0.717, 1.165) is 16.7 Å². The molecule has 2 N–H and O–H groups in total. The summed E-state index contributed by atoms with van der Waals surface area (Å²) in [5, 5.41) is 6.65. The Bertz CT molecular complexity index is 1010. The number of hydrogen-bond donors (Lipinski definition) is 2. The molecule has 0 saturated carbocycles. The second-order valence-electron chi connectivity index (χ2n) is 6.39. The van der Waals surface area contributed by atoms with Gasteiger partial charge in [-0.15, -0.1) is 0 Å². The van der Waals surface area contributed by atoms with E-state index in [0.29, 0.717) is 23.6 Å². The third-order valence-electron chi connectivity index (χ3n) is 4.43. The smallest absolute Gasteiger partial charge is 0.255 e. The molecular formula is C22H23N3O3S. The zero-order valence-electron chi connectivity index (χ0n) is 16.3. The van der Waals surface area contributed by atoms with Gasteiger partial charge < -0.3 is 15.4 Å². The second-order valence-corrected chi connectivity index (χ2v) is 7.37. The van der Waals surface area contributed by atoms with Crippen molar-refractivity contribution >= 4 is 40.3 Å². The molecule has 0 bridgehead atoms. The molecule has 0 fully saturated rings. The number of nitrogens with zero attached hydrogens (tertiary/aromatic N) is 1. The first-order valence-corrected chi connectivity index (χ1v) is 10.6. The lowest BCUT2D eigenvalue weighted by atomic mass is 10.1. The van der Waals surface area contributed by atoms with Gasteiger partial charge in [-0.2, -0.15) is 11.8 Å². The number of carbonyl (C=O) groups excluding carboxylic acids is 2. The summed E-state index contributed by atoms with van der Waals surface area (Å²) in [4.78, 5) is 30.1. The highest BCUT2D eigenvalue weighted by atomic mass is 32.2. The van der Waals surface area contributed by atoms with Crippen molar-refractivity contribution in [3.05, 3.63) is 66.2 Å². The summed E-state index contributed by atoms with van der Waals surface area (Å²) >= 11 is 1.61. The lowest BCUT2D eigenvalue weighted by Crippen LogP contribution is -2.44. The molecular weight excluding hydrogens is 386 g/mol. The Balaban J connectivity index is 1.75. The van der Waals surface area contributed by atoms with Crippen molar-refractivity contribution in [3.63, 3.8) is 0 Å². The average molecular weight is 410 g/mol. The van der Waals surface area contributed by atoms with Crippen LogP contribution in [0.25, 0.3) is 10.9 Å². The van der Waals surface area contributed by atoms with Gasteiger partial charge in [0.2, 0.25) is 5.91 Å². The number of hydrogen-bond acceptors (Lipinski definition) is 5. The highest BCUT2D eigenvalue weighted by Gasteiger charge is 2.23. The number of aromatic nitrogens is 1. The van der Waals surface area contributed by atoms with Crippen LogP contribution in [0, 0.1) is 0 Å². The van der Waals surface area contributed by atoms with Crippen LogP contribution in [0.3, 0.4) is 0 Å². The molecule has 0 aliphatic rings. The van der Waals surface area contributed by atoms with E-state index in [2.05, 4.69) is 15.6 Å². The highest BCUT2D eigenvalue weighted by molar-refractivity contribution is 7.98. The van der Waals surface area contributed by atoms with Crippen molar-refractivity contribution in [2.75, 3.05) is 24.4 Å². The number of anilines is 1. The van der Waals surface area contributed by atoms with E-state index in [9.17, 15) is 9.59 Å². The van der Waals surface area contributed by atoms with Gasteiger partial charge in [-0.3, -0.25) is 9.59 Å². The highest BCUT2D eigenvalue weighted by Crippen LogP contribution is 2.18. The molecule has 1 atom stereocenters. The van der Waals surface area contributed by atoms with Gasteiger partial charge in [0.05, 0.1) is 18.2 Å². The van der Waals surface area contributed by atoms with E-state index >= 15 is 0 Å². The van der Waals surface area contributed by atoms with Gasteiger partial charge >= 0.3 is 0 Å². The maximum atomic E-state index is 12.9. The lowest BCUT2D eigenvalue weighted by Gasteiger charge is -2.19. The van der Waals surface area contributed by atoms with Crippen molar-refractivity contribution < 1.29 is 14.3 Å². The summed E-state index contributed by atoms with van der Waals surface area (Å²) in [7, 11) is 1.51. The number of nitrogens with one attached hydrogen (secondary N) is 2. The third kappa shape index (κ3) is 5.26. The van der Waals surface area contributed by atoms with Gasteiger partial charge in [0.15, 0.2) is 0 Å². The van der Waals surface area contributed by atoms with Crippen LogP contribution in [-0.2, 0) is 4.79 Å². The van der Waals surface area contributed by atoms with Crippen LogP contribution in [0.5, 0.6) is 5.75 Å². The molecule has 1 heterocycles. The van der Waals surface area contributed by atoms with E-state index < -0.39 is 6.04 Å². The molecule has 2 amide bonds. The van der Waals surface area contributed by atoms with Gasteiger partial charge in [0.25, 0.3) is 5.91 Å². The first kappa shape index (κ1) is 20.7. The van der Waals surface area contributed by atoms with Crippen molar-refractivity contribution in [2.24, 2.45) is 0 Å². The number of amides is 2. The fraction of sp³-hybridized carbons (Fsp3) is 0.227. The predicted molar refractivity (Wildman–Crippen MR) is 118 cm³/mol. The normalized spacial score (nSPS) is 11.7. The molecule has 1 aromatic heterocycles. The minimum Gasteiger partial charge on any atom is -0.496 e. The molecule has 0 saturated heterocycles. The van der Waals surface area contributed by atoms with Gasteiger partial charge in [-0.1, -0.05) is 30.3 Å². The topological polar surface area (TPSA) is 80.3 Å². The number of rotatable bonds is 8. The van der Waals surface area contributed by atoms with E-state index in [1.165, 1.54) is 7.11 Å². The van der Waals surface area contributed by atoms with Crippen LogP contribution in [0.4, 0.5) is 5.82 Å². The van der Waals surface area contributed by atoms with Crippen LogP contribution >= 0.6 is 11.8 Å². The van der Waals surface area contributed by atoms with Crippen LogP contribution in [0.2, 0.25) is 0 Å². The average Bonchev–Trinajstić information content (AvgIpc) is 2.76. The third-order valence-corrected chi connectivity index (χ3v) is 5.08. The standard InChI is InChI=1S/C22H23N3O3S/c1-28-19-10-6-4-8-16(19)21(26)24-18(13-14-29-2)22(27)25-20-12-11-15-7-3-5-9-17(15)23-20/h3-12,18H,13-14H2,1-2H3,(H,24,26)(H,23,25,27). The molecule has 0 radical (unpaired) electrons. The molecule has 3 aromatic rings. The molecule has 7 heteroatoms. The van der Waals surface area contributed by atoms with E-state index in [-0.39, 0.29) is 11.8 Å². The Labute approximate surface area is 174 Å². The lowest BCUT2D eigenvalue weighted by molar-refractivity contribution is -0.118. The predicted octanol–water partition coefficient (Wildman–Crippen LogP) is 3.73. The Kier molecular flexibility index (Phi) is 7.08. The largest absolute Gasteiger partial charge is 0.496 e. The number of thioether (sulfide) groups is 1. The molecule has 150 valence electrons. The summed E-state index contributed by atoms with van der Waals surface area (Å²) in [6.45, 7) is 0. The minimum absolute atomic E-state index is 0.301. The number of ether oxygens (including phenoxy) is 1. The van der Waals surface area contributed by atoms with Gasteiger partial charge in [-0.25, -0.2) is 4.98 Å². The molecule has 3 rings (SSSR count). The SMILES string of the molecule is COc1ccccc1C(=O)NC(CCSC)C(=O)Nc1ccc2ccccc2n1. The second kappa shape index (κ2) is 9.93. The molecule has 29 heavy (non-hydrogen) atoms. The van der Waals surface area contributed by atoms with Gasteiger partial charge in [0, 0.05) is 5.39 Å². The number of carbonyl (C=O) groups is 2. The monoisotopic (exact) mass is 409 g/mol. The summed E-state index contributed by atoms with van der Waals surface area (Å²) in [6, 6.07) is 17.6. The van der Waals surface area contributed by atoms with Crippen LogP contribution in [0.15, 0.2) is 60.7 Å². The first-order chi connectivity index (χ1) is 14.1. The Morgan fingerprint density at radius 3 is 2.62 bits per heavy atom. The number of methoxy groups -OCH3 is 1. The number of pyridine rings is 1. The quantitative estimate of drug-likeness (QED) is 0.593. The summed E-state index contributed by atoms with van der Waals surface area (Å²) < 4.78 is 5.25. The van der Waals surface area contributed by atoms with Gasteiger partial charge in [0.1, 0.15) is 17.6 Å². The number of para-hydroxylation sites is 2. The molecule has 2 aromatic carbocycles. The van der Waals surface area contributed by atoms with Crippen molar-refractivity contribution in [1.82, 2.24) is 10.3 Å². The first-order valence-electron chi connectivity index (χ1n) is 9.22. The van der Waals surface area contributed by atoms with Crippen LogP contribution in [-0.4, -0.2) is 42.0 Å². The zero-order valence-corrected chi connectivity index (χ0v) is 17.2. The van der Waals surface area contributed by atoms with E-state index in [1.807, 2.05) is 36.6 Å².